The molecular weight excluding hydrogens is 703 g/mol. The van der Waals surface area contributed by atoms with Crippen molar-refractivity contribution in [3.05, 3.63) is 151 Å². The molecule has 0 saturated carbocycles. The Morgan fingerprint density at radius 3 is 2.00 bits per heavy atom. The average Bonchev–Trinajstić information content (AvgIpc) is 3.52. The van der Waals surface area contributed by atoms with Gasteiger partial charge in [-0.25, -0.2) is 0 Å². The summed E-state index contributed by atoms with van der Waals surface area (Å²) in [5.41, 5.74) is 9.24. The van der Waals surface area contributed by atoms with Crippen LogP contribution in [0, 0.1) is 19.0 Å². The third-order valence-electron chi connectivity index (χ3n) is 8.70. The van der Waals surface area contributed by atoms with E-state index in [0.29, 0.717) is 16.8 Å². The van der Waals surface area contributed by atoms with Crippen LogP contribution >= 0.6 is 0 Å². The standard InChI is InChI=1S/C21H21N2.C18H14N.Ir/c1-20(2)17-12-8-9-13-18(17)23-19(21(20,3)4)16(14-22-23)15-10-6-5-7-11-15;1-14-12-18(16-10-6-3-7-11-16)19-13-17(14)15-8-4-2-5-9-15;/h5-12,14H,1-4H3;2-10,12-13H,1H3;/q2*-1;/i;1D3;. The van der Waals surface area contributed by atoms with Gasteiger partial charge >= 0.3 is 0 Å². The van der Waals surface area contributed by atoms with E-state index < -0.39 is 6.85 Å². The molecule has 4 heteroatoms. The Kier molecular flexibility index (Phi) is 7.55. The van der Waals surface area contributed by atoms with Gasteiger partial charge in [0.1, 0.15) is 0 Å². The number of hydrogen-bond donors (Lipinski definition) is 0. The molecule has 0 aliphatic carbocycles. The van der Waals surface area contributed by atoms with E-state index in [1.165, 1.54) is 22.4 Å². The van der Waals surface area contributed by atoms with Gasteiger partial charge in [0.05, 0.1) is 11.9 Å². The summed E-state index contributed by atoms with van der Waals surface area (Å²) in [6.45, 7) is 7.10. The molecule has 0 unspecified atom stereocenters. The van der Waals surface area contributed by atoms with Gasteiger partial charge in [-0.05, 0) is 40.3 Å². The van der Waals surface area contributed by atoms with Crippen LogP contribution in [-0.4, -0.2) is 14.8 Å². The first-order chi connectivity index (χ1) is 21.5. The van der Waals surface area contributed by atoms with Crippen LogP contribution in [0.1, 0.15) is 48.6 Å². The van der Waals surface area contributed by atoms with Gasteiger partial charge in [0.25, 0.3) is 0 Å². The number of benzene rings is 4. The van der Waals surface area contributed by atoms with Crippen molar-refractivity contribution in [3.8, 4) is 39.2 Å². The van der Waals surface area contributed by atoms with Crippen molar-refractivity contribution >= 4 is 0 Å². The molecule has 3 nitrogen and oxygen atoms in total. The summed E-state index contributed by atoms with van der Waals surface area (Å²) in [6.07, 6.45) is 3.63. The fourth-order valence-electron chi connectivity index (χ4n) is 5.69. The second-order valence-electron chi connectivity index (χ2n) is 11.6. The van der Waals surface area contributed by atoms with Crippen molar-refractivity contribution in [3.63, 3.8) is 0 Å². The van der Waals surface area contributed by atoms with Crippen molar-refractivity contribution in [2.24, 2.45) is 0 Å². The Bertz CT molecular complexity index is 1920. The average molecular weight is 741 g/mol. The first kappa shape index (κ1) is 26.5. The predicted octanol–water partition coefficient (Wildman–Crippen LogP) is 9.43. The SMILES string of the molecule is CC1(C)c2ccc[c-]c2-n2ncc(-c3ccccc3)c2C1(C)C.[2H]C([2H])([2H])c1cc(-c2[c-]cccc2)ncc1-c1ccccc1.[Ir]. The second kappa shape index (κ2) is 12.2. The van der Waals surface area contributed by atoms with Crippen LogP contribution in [0.3, 0.4) is 0 Å². The van der Waals surface area contributed by atoms with Crippen molar-refractivity contribution < 1.29 is 24.2 Å². The number of nitrogens with zero attached hydrogens (tertiary/aromatic N) is 3. The molecule has 1 radical (unpaired) electrons. The van der Waals surface area contributed by atoms with E-state index in [0.717, 1.165) is 16.8 Å². The third-order valence-corrected chi connectivity index (χ3v) is 8.70. The molecule has 0 saturated heterocycles. The van der Waals surface area contributed by atoms with Crippen molar-refractivity contribution in [2.75, 3.05) is 0 Å². The molecule has 7 rings (SSSR count). The minimum atomic E-state index is -2.20. The molecule has 0 amide bonds. The Morgan fingerprint density at radius 1 is 0.698 bits per heavy atom. The van der Waals surface area contributed by atoms with Crippen LogP contribution < -0.4 is 0 Å². The zero-order valence-corrected chi connectivity index (χ0v) is 27.1. The van der Waals surface area contributed by atoms with Crippen LogP contribution in [0.25, 0.3) is 39.2 Å². The maximum Gasteiger partial charge on any atom is 0.0575 e. The van der Waals surface area contributed by atoms with Crippen LogP contribution in [0.5, 0.6) is 0 Å². The number of para-hydroxylation sites is 1. The van der Waals surface area contributed by atoms with Crippen LogP contribution in [0.15, 0.2) is 122 Å². The monoisotopic (exact) mass is 741 g/mol. The molecule has 1 aliphatic heterocycles. The molecule has 0 spiro atoms. The molecule has 0 bridgehead atoms. The van der Waals surface area contributed by atoms with Gasteiger partial charge in [-0.1, -0.05) is 94.4 Å². The van der Waals surface area contributed by atoms with Gasteiger partial charge in [-0.15, -0.1) is 41.5 Å². The Morgan fingerprint density at radius 2 is 1.35 bits per heavy atom. The molecule has 217 valence electrons. The van der Waals surface area contributed by atoms with E-state index in [4.69, 9.17) is 9.21 Å². The van der Waals surface area contributed by atoms with E-state index in [9.17, 15) is 0 Å². The smallest absolute Gasteiger partial charge is 0.0575 e. The maximum absolute atomic E-state index is 7.82. The van der Waals surface area contributed by atoms with Gasteiger partial charge in [-0.3, -0.25) is 4.68 Å². The summed E-state index contributed by atoms with van der Waals surface area (Å²) < 4.78 is 25.5. The van der Waals surface area contributed by atoms with Crippen LogP contribution in [0.4, 0.5) is 0 Å². The Hall–Kier alpha value is -4.11. The number of pyridine rings is 1. The second-order valence-corrected chi connectivity index (χ2v) is 11.6. The molecule has 4 aromatic carbocycles. The van der Waals surface area contributed by atoms with Gasteiger partial charge in [-0.2, -0.15) is 29.4 Å². The van der Waals surface area contributed by atoms with E-state index in [1.807, 2.05) is 60.8 Å². The van der Waals surface area contributed by atoms with Crippen LogP contribution in [0.2, 0.25) is 0 Å². The molecule has 0 atom stereocenters. The van der Waals surface area contributed by atoms with E-state index in [-0.39, 0.29) is 30.9 Å². The summed E-state index contributed by atoms with van der Waals surface area (Å²) in [5, 5.41) is 4.72. The topological polar surface area (TPSA) is 30.7 Å². The number of aromatic nitrogens is 3. The number of fused-ring (bicyclic) bond motifs is 3. The summed E-state index contributed by atoms with van der Waals surface area (Å²) in [6, 6.07) is 41.8. The van der Waals surface area contributed by atoms with Crippen molar-refractivity contribution in [1.82, 2.24) is 14.8 Å². The summed E-state index contributed by atoms with van der Waals surface area (Å²) >= 11 is 0. The molecule has 3 heterocycles. The van der Waals surface area contributed by atoms with Crippen molar-refractivity contribution in [1.29, 1.82) is 0 Å². The molecule has 0 fully saturated rings. The summed E-state index contributed by atoms with van der Waals surface area (Å²) in [4.78, 5) is 4.42. The normalized spacial score (nSPS) is 15.2. The summed E-state index contributed by atoms with van der Waals surface area (Å²) in [7, 11) is 0. The molecular formula is C39H35IrN3-2. The van der Waals surface area contributed by atoms with E-state index in [2.05, 4.69) is 92.0 Å². The molecule has 1 aliphatic rings. The zero-order chi connectivity index (χ0) is 31.8. The minimum Gasteiger partial charge on any atom is -0.304 e. The maximum atomic E-state index is 7.82. The number of rotatable bonds is 3. The molecule has 6 aromatic rings. The molecule has 2 aromatic heterocycles. The van der Waals surface area contributed by atoms with Gasteiger partial charge in [0.2, 0.25) is 0 Å². The van der Waals surface area contributed by atoms with Gasteiger partial charge in [0, 0.05) is 47.0 Å². The Balaban J connectivity index is 0.000000178. The van der Waals surface area contributed by atoms with Gasteiger partial charge in [0.15, 0.2) is 0 Å². The quantitative estimate of drug-likeness (QED) is 0.169. The first-order valence-corrected chi connectivity index (χ1v) is 14.2. The Labute approximate surface area is 273 Å². The minimum absolute atomic E-state index is 0. The largest absolute Gasteiger partial charge is 0.304 e. The first-order valence-electron chi connectivity index (χ1n) is 15.7. The van der Waals surface area contributed by atoms with E-state index in [1.54, 1.807) is 18.3 Å². The van der Waals surface area contributed by atoms with E-state index >= 15 is 0 Å². The molecule has 0 N–H and O–H groups in total. The molecule has 43 heavy (non-hydrogen) atoms. The zero-order valence-electron chi connectivity index (χ0n) is 27.7. The number of hydrogen-bond acceptors (Lipinski definition) is 2. The van der Waals surface area contributed by atoms with Crippen LogP contribution in [-0.2, 0) is 30.9 Å². The predicted molar refractivity (Wildman–Crippen MR) is 173 cm³/mol. The summed E-state index contributed by atoms with van der Waals surface area (Å²) in [5.74, 6) is 0. The fourth-order valence-corrected chi connectivity index (χ4v) is 5.69. The van der Waals surface area contributed by atoms with Gasteiger partial charge < -0.3 is 4.98 Å². The number of aryl methyl sites for hydroxylation is 1. The fraction of sp³-hybridized carbons (Fsp3) is 0.179. The van der Waals surface area contributed by atoms with Crippen molar-refractivity contribution in [2.45, 2.75) is 45.4 Å². The third kappa shape index (κ3) is 5.54.